The first-order valence-corrected chi connectivity index (χ1v) is 9.17. The van der Waals surface area contributed by atoms with E-state index >= 15 is 0 Å². The molecule has 0 aliphatic heterocycles. The van der Waals surface area contributed by atoms with Gasteiger partial charge in [0.15, 0.2) is 0 Å². The molecule has 1 amide bonds. The van der Waals surface area contributed by atoms with Gasteiger partial charge in [-0.3, -0.25) is 9.78 Å². The molecule has 0 fully saturated rings. The number of nitrogens with one attached hydrogen (secondary N) is 1. The molecule has 4 rings (SSSR count). The van der Waals surface area contributed by atoms with Crippen molar-refractivity contribution in [2.75, 3.05) is 0 Å². The van der Waals surface area contributed by atoms with Gasteiger partial charge in [0.1, 0.15) is 5.69 Å². The average molecular weight is 381 g/mol. The molecule has 4 aromatic rings. The molecule has 2 aromatic heterocycles. The van der Waals surface area contributed by atoms with Gasteiger partial charge in [-0.15, -0.1) is 0 Å². The fourth-order valence-electron chi connectivity index (χ4n) is 2.97. The molecule has 0 radical (unpaired) electrons. The Hall–Kier alpha value is -4.06. The molecule has 29 heavy (non-hydrogen) atoms. The topological polar surface area (TPSA) is 72.2 Å². The van der Waals surface area contributed by atoms with E-state index in [2.05, 4.69) is 15.5 Å². The number of aryl methyl sites for hydroxylation is 1. The Morgan fingerprint density at radius 1 is 1.03 bits per heavy atom. The van der Waals surface area contributed by atoms with E-state index in [4.69, 9.17) is 5.10 Å². The third-order valence-electron chi connectivity index (χ3n) is 4.45. The lowest BCUT2D eigenvalue weighted by atomic mass is 10.1. The molecule has 1 N–H and O–H groups in total. The average Bonchev–Trinajstić information content (AvgIpc) is 3.19. The fraction of sp³-hybridized carbons (Fsp3) is 0.0435. The largest absolute Gasteiger partial charge is 0.272 e. The number of amides is 1. The number of pyridine rings is 1. The molecule has 6 heteroatoms. The Kier molecular flexibility index (Phi) is 5.25. The van der Waals surface area contributed by atoms with Gasteiger partial charge in [-0.2, -0.15) is 10.2 Å². The molecule has 0 unspecified atom stereocenters. The SMILES string of the molecule is Cc1ccccc1-n1cc(/C=N\NC(=O)c2cccnc2)c(-c2ccccc2)n1. The lowest BCUT2D eigenvalue weighted by Gasteiger charge is -2.04. The number of hydrogen-bond donors (Lipinski definition) is 1. The van der Waals surface area contributed by atoms with Crippen molar-refractivity contribution < 1.29 is 4.79 Å². The zero-order valence-electron chi connectivity index (χ0n) is 15.9. The number of aromatic nitrogens is 3. The van der Waals surface area contributed by atoms with Gasteiger partial charge in [-0.05, 0) is 30.7 Å². The maximum Gasteiger partial charge on any atom is 0.272 e. The van der Waals surface area contributed by atoms with Gasteiger partial charge in [0, 0.05) is 29.7 Å². The van der Waals surface area contributed by atoms with Crippen molar-refractivity contribution in [1.82, 2.24) is 20.2 Å². The highest BCUT2D eigenvalue weighted by Crippen LogP contribution is 2.23. The fourth-order valence-corrected chi connectivity index (χ4v) is 2.97. The first kappa shape index (κ1) is 18.3. The predicted octanol–water partition coefficient (Wildman–Crippen LogP) is 4.01. The quantitative estimate of drug-likeness (QED) is 0.419. The Morgan fingerprint density at radius 3 is 2.59 bits per heavy atom. The number of benzene rings is 2. The monoisotopic (exact) mass is 381 g/mol. The van der Waals surface area contributed by atoms with Crippen molar-refractivity contribution in [3.63, 3.8) is 0 Å². The van der Waals surface area contributed by atoms with Gasteiger partial charge < -0.3 is 0 Å². The van der Waals surface area contributed by atoms with Crippen LogP contribution in [-0.4, -0.2) is 26.9 Å². The van der Waals surface area contributed by atoms with Crippen molar-refractivity contribution in [2.24, 2.45) is 5.10 Å². The highest BCUT2D eigenvalue weighted by Gasteiger charge is 2.12. The van der Waals surface area contributed by atoms with E-state index in [0.29, 0.717) is 5.56 Å². The second kappa shape index (κ2) is 8.31. The lowest BCUT2D eigenvalue weighted by molar-refractivity contribution is 0.0955. The summed E-state index contributed by atoms with van der Waals surface area (Å²) in [7, 11) is 0. The smallest absolute Gasteiger partial charge is 0.267 e. The summed E-state index contributed by atoms with van der Waals surface area (Å²) in [5.41, 5.74) is 7.65. The maximum atomic E-state index is 12.2. The third-order valence-corrected chi connectivity index (χ3v) is 4.45. The van der Waals surface area contributed by atoms with Gasteiger partial charge in [-0.1, -0.05) is 48.5 Å². The molecule has 0 saturated heterocycles. The van der Waals surface area contributed by atoms with Gasteiger partial charge in [-0.25, -0.2) is 10.1 Å². The molecule has 0 aliphatic rings. The van der Waals surface area contributed by atoms with Crippen molar-refractivity contribution in [2.45, 2.75) is 6.92 Å². The molecule has 0 bridgehead atoms. The van der Waals surface area contributed by atoms with Crippen LogP contribution < -0.4 is 5.43 Å². The van der Waals surface area contributed by atoms with Gasteiger partial charge in [0.2, 0.25) is 0 Å². The minimum absolute atomic E-state index is 0.318. The summed E-state index contributed by atoms with van der Waals surface area (Å²) < 4.78 is 1.84. The highest BCUT2D eigenvalue weighted by atomic mass is 16.2. The van der Waals surface area contributed by atoms with E-state index in [0.717, 1.165) is 28.1 Å². The first-order chi connectivity index (χ1) is 14.2. The van der Waals surface area contributed by atoms with E-state index in [1.165, 1.54) is 6.20 Å². The van der Waals surface area contributed by atoms with E-state index in [9.17, 15) is 4.79 Å². The third kappa shape index (κ3) is 4.11. The van der Waals surface area contributed by atoms with Crippen LogP contribution in [0.25, 0.3) is 16.9 Å². The van der Waals surface area contributed by atoms with Crippen LogP contribution in [0.1, 0.15) is 21.5 Å². The Morgan fingerprint density at radius 2 is 1.83 bits per heavy atom. The minimum Gasteiger partial charge on any atom is -0.267 e. The Bertz CT molecular complexity index is 1150. The summed E-state index contributed by atoms with van der Waals surface area (Å²) in [6, 6.07) is 21.3. The van der Waals surface area contributed by atoms with Crippen molar-refractivity contribution >= 4 is 12.1 Å². The van der Waals surface area contributed by atoms with E-state index < -0.39 is 0 Å². The van der Waals surface area contributed by atoms with E-state index in [1.807, 2.05) is 72.4 Å². The minimum atomic E-state index is -0.318. The van der Waals surface area contributed by atoms with Gasteiger partial charge in [0.05, 0.1) is 17.5 Å². The van der Waals surface area contributed by atoms with Crippen molar-refractivity contribution in [3.05, 3.63) is 102 Å². The normalized spacial score (nSPS) is 10.9. The van der Waals surface area contributed by atoms with Crippen molar-refractivity contribution in [1.29, 1.82) is 0 Å². The summed E-state index contributed by atoms with van der Waals surface area (Å²) in [5.74, 6) is -0.318. The Labute approximate surface area is 168 Å². The summed E-state index contributed by atoms with van der Waals surface area (Å²) in [4.78, 5) is 16.1. The summed E-state index contributed by atoms with van der Waals surface area (Å²) in [6.45, 7) is 2.04. The van der Waals surface area contributed by atoms with E-state index in [1.54, 1.807) is 24.5 Å². The molecule has 2 aromatic carbocycles. The first-order valence-electron chi connectivity index (χ1n) is 9.17. The highest BCUT2D eigenvalue weighted by molar-refractivity contribution is 5.95. The standard InChI is InChI=1S/C23H19N5O/c1-17-8-5-6-12-21(17)28-16-20(22(27-28)18-9-3-2-4-10-18)15-25-26-23(29)19-11-7-13-24-14-19/h2-16H,1H3,(H,26,29)/b25-15-. The van der Waals surface area contributed by atoms with Crippen LogP contribution in [-0.2, 0) is 0 Å². The molecule has 0 spiro atoms. The maximum absolute atomic E-state index is 12.2. The zero-order valence-corrected chi connectivity index (χ0v) is 15.9. The van der Waals surface area contributed by atoms with Gasteiger partial charge in [0.25, 0.3) is 5.91 Å². The second-order valence-electron chi connectivity index (χ2n) is 6.47. The number of para-hydroxylation sites is 1. The van der Waals surface area contributed by atoms with Crippen molar-refractivity contribution in [3.8, 4) is 16.9 Å². The molecular formula is C23H19N5O. The number of nitrogens with zero attached hydrogens (tertiary/aromatic N) is 4. The molecular weight excluding hydrogens is 362 g/mol. The van der Waals surface area contributed by atoms with Crippen LogP contribution in [0.15, 0.2) is 90.4 Å². The van der Waals surface area contributed by atoms with Crippen LogP contribution in [0.4, 0.5) is 0 Å². The molecule has 2 heterocycles. The number of rotatable bonds is 5. The zero-order chi connectivity index (χ0) is 20.1. The number of carbonyl (C=O) groups is 1. The molecule has 0 atom stereocenters. The second-order valence-corrected chi connectivity index (χ2v) is 6.47. The van der Waals surface area contributed by atoms with Crippen LogP contribution in [0, 0.1) is 6.92 Å². The lowest BCUT2D eigenvalue weighted by Crippen LogP contribution is -2.17. The predicted molar refractivity (Wildman–Crippen MR) is 113 cm³/mol. The number of hydrogen-bond acceptors (Lipinski definition) is 4. The summed E-state index contributed by atoms with van der Waals surface area (Å²) >= 11 is 0. The molecule has 0 saturated carbocycles. The summed E-state index contributed by atoms with van der Waals surface area (Å²) in [5, 5.41) is 8.90. The van der Waals surface area contributed by atoms with Crippen LogP contribution in [0.2, 0.25) is 0 Å². The molecule has 142 valence electrons. The number of carbonyl (C=O) groups excluding carboxylic acids is 1. The van der Waals surface area contributed by atoms with E-state index in [-0.39, 0.29) is 5.91 Å². The summed E-state index contributed by atoms with van der Waals surface area (Å²) in [6.07, 6.45) is 6.63. The molecule has 0 aliphatic carbocycles. The van der Waals surface area contributed by atoms with Crippen LogP contribution in [0.5, 0.6) is 0 Å². The Balaban J connectivity index is 1.66. The molecule has 6 nitrogen and oxygen atoms in total. The van der Waals surface area contributed by atoms with Crippen LogP contribution in [0.3, 0.4) is 0 Å². The number of hydrazone groups is 1. The van der Waals surface area contributed by atoms with Crippen LogP contribution >= 0.6 is 0 Å². The van der Waals surface area contributed by atoms with Gasteiger partial charge >= 0.3 is 0 Å².